The summed E-state index contributed by atoms with van der Waals surface area (Å²) >= 11 is 3.34. The smallest absolute Gasteiger partial charge is 0.412 e. The van der Waals surface area contributed by atoms with E-state index in [4.69, 9.17) is 19.7 Å². The minimum atomic E-state index is -0.991. The van der Waals surface area contributed by atoms with E-state index >= 15 is 0 Å². The van der Waals surface area contributed by atoms with Crippen LogP contribution in [-0.4, -0.2) is 35.5 Å². The Morgan fingerprint density at radius 3 is 2.43 bits per heavy atom. The summed E-state index contributed by atoms with van der Waals surface area (Å²) in [5, 5.41) is 20.2. The van der Waals surface area contributed by atoms with Gasteiger partial charge in [0, 0.05) is 16.2 Å². The summed E-state index contributed by atoms with van der Waals surface area (Å²) in [5.74, 6) is -0.384. The number of unbranched alkanes of at least 4 members (excludes halogenated alkanes) is 1. The minimum Gasteiger partial charge on any atom is -0.491 e. The van der Waals surface area contributed by atoms with E-state index in [0.29, 0.717) is 30.7 Å². The lowest BCUT2D eigenvalue weighted by Gasteiger charge is -2.19. The first kappa shape index (κ1) is 23.4. The van der Waals surface area contributed by atoms with Crippen LogP contribution in [0.2, 0.25) is 0 Å². The van der Waals surface area contributed by atoms with E-state index < -0.39 is 18.2 Å². The van der Waals surface area contributed by atoms with Crippen molar-refractivity contribution in [1.82, 2.24) is 0 Å². The van der Waals surface area contributed by atoms with Gasteiger partial charge in [-0.15, -0.1) is 0 Å². The molecule has 0 heterocycles. The molecule has 2 aromatic carbocycles. The third kappa shape index (κ3) is 8.67. The summed E-state index contributed by atoms with van der Waals surface area (Å²) in [6, 6.07) is 14.2. The highest BCUT2D eigenvalue weighted by Crippen LogP contribution is 2.26. The van der Waals surface area contributed by atoms with Crippen LogP contribution in [0.5, 0.6) is 5.75 Å². The molecule has 160 valence electrons. The van der Waals surface area contributed by atoms with Gasteiger partial charge in [-0.1, -0.05) is 34.1 Å². The number of nitrogens with one attached hydrogen (secondary N) is 1. The number of anilines is 1. The molecule has 0 fully saturated rings. The third-order valence-corrected chi connectivity index (χ3v) is 4.58. The van der Waals surface area contributed by atoms with Gasteiger partial charge < -0.3 is 19.7 Å². The second-order valence-corrected chi connectivity index (χ2v) is 7.25. The topological polar surface area (TPSA) is 105 Å². The molecular formula is C22H24BrNO6. The fraction of sp³-hybridized carbons (Fsp3) is 0.273. The molecule has 2 aromatic rings. The summed E-state index contributed by atoms with van der Waals surface area (Å²) in [4.78, 5) is 22.9. The monoisotopic (exact) mass is 477 g/mol. The highest BCUT2D eigenvalue weighted by molar-refractivity contribution is 9.10. The SMILES string of the molecule is O=C(O)/C=C/CCC[C@H](OC(=O)Nc1ccc(Br)cc1)c1ccc(OCCO)cc1. The number of aliphatic hydroxyl groups excluding tert-OH is 1. The average Bonchev–Trinajstić information content (AvgIpc) is 2.73. The zero-order valence-corrected chi connectivity index (χ0v) is 17.9. The van der Waals surface area contributed by atoms with Gasteiger partial charge in [-0.05, 0) is 61.2 Å². The number of carboxylic acid groups (broad SMARTS) is 1. The zero-order chi connectivity index (χ0) is 21.8. The van der Waals surface area contributed by atoms with Gasteiger partial charge in [0.2, 0.25) is 0 Å². The number of ether oxygens (including phenoxy) is 2. The van der Waals surface area contributed by atoms with Crippen LogP contribution in [0.4, 0.5) is 10.5 Å². The van der Waals surface area contributed by atoms with Gasteiger partial charge in [-0.25, -0.2) is 9.59 Å². The van der Waals surface area contributed by atoms with Crippen molar-refractivity contribution in [3.8, 4) is 5.75 Å². The molecule has 0 saturated heterocycles. The van der Waals surface area contributed by atoms with E-state index in [1.54, 1.807) is 42.5 Å². The van der Waals surface area contributed by atoms with Crippen LogP contribution < -0.4 is 10.1 Å². The van der Waals surface area contributed by atoms with E-state index in [0.717, 1.165) is 16.1 Å². The molecular weight excluding hydrogens is 454 g/mol. The molecule has 2 rings (SSSR count). The molecule has 7 nitrogen and oxygen atoms in total. The maximum atomic E-state index is 12.4. The predicted octanol–water partition coefficient (Wildman–Crippen LogP) is 4.92. The standard InChI is InChI=1S/C22H24BrNO6/c23-17-8-10-18(11-9-17)24-22(28)30-20(4-2-1-3-5-21(26)27)16-6-12-19(13-7-16)29-15-14-25/h3,5-13,20,25H,1-2,4,14-15H2,(H,24,28)(H,26,27)/b5-3+/t20-/m0/s1. The Morgan fingerprint density at radius 2 is 1.80 bits per heavy atom. The van der Waals surface area contributed by atoms with Crippen LogP contribution in [0.1, 0.15) is 30.9 Å². The molecule has 3 N–H and O–H groups in total. The second kappa shape index (κ2) is 12.7. The Balaban J connectivity index is 2.02. The molecule has 0 saturated carbocycles. The minimum absolute atomic E-state index is 0.0758. The molecule has 8 heteroatoms. The lowest BCUT2D eigenvalue weighted by Crippen LogP contribution is -2.17. The largest absolute Gasteiger partial charge is 0.491 e. The Kier molecular flexibility index (Phi) is 9.90. The van der Waals surface area contributed by atoms with Gasteiger partial charge >= 0.3 is 12.1 Å². The van der Waals surface area contributed by atoms with Crippen LogP contribution in [0.25, 0.3) is 0 Å². The Bertz CT molecular complexity index is 836. The predicted molar refractivity (Wildman–Crippen MR) is 117 cm³/mol. The maximum absolute atomic E-state index is 12.4. The fourth-order valence-corrected chi connectivity index (χ4v) is 2.92. The van der Waals surface area contributed by atoms with E-state index in [2.05, 4.69) is 21.2 Å². The summed E-state index contributed by atoms with van der Waals surface area (Å²) in [7, 11) is 0. The summed E-state index contributed by atoms with van der Waals surface area (Å²) in [5.41, 5.74) is 1.40. The average molecular weight is 478 g/mol. The number of carbonyl (C=O) groups excluding carboxylic acids is 1. The van der Waals surface area contributed by atoms with Gasteiger partial charge in [0.25, 0.3) is 0 Å². The Labute approximate surface area is 183 Å². The van der Waals surface area contributed by atoms with Gasteiger partial charge in [0.1, 0.15) is 18.5 Å². The quantitative estimate of drug-likeness (QED) is 0.313. The number of hydrogen-bond acceptors (Lipinski definition) is 5. The molecule has 0 aromatic heterocycles. The number of allylic oxidation sites excluding steroid dienone is 1. The van der Waals surface area contributed by atoms with Crippen molar-refractivity contribution in [1.29, 1.82) is 0 Å². The number of rotatable bonds is 11. The number of hydrogen-bond donors (Lipinski definition) is 3. The van der Waals surface area contributed by atoms with Crippen LogP contribution in [0, 0.1) is 0 Å². The molecule has 0 spiro atoms. The van der Waals surface area contributed by atoms with Crippen molar-refractivity contribution in [2.24, 2.45) is 0 Å². The molecule has 0 radical (unpaired) electrons. The normalized spacial score (nSPS) is 11.8. The fourth-order valence-electron chi connectivity index (χ4n) is 2.65. The van der Waals surface area contributed by atoms with E-state index in [-0.39, 0.29) is 13.2 Å². The molecule has 0 bridgehead atoms. The van der Waals surface area contributed by atoms with Crippen molar-refractivity contribution in [3.63, 3.8) is 0 Å². The number of amides is 1. The number of carbonyl (C=O) groups is 2. The summed E-state index contributed by atoms with van der Waals surface area (Å²) < 4.78 is 11.9. The van der Waals surface area contributed by atoms with Gasteiger partial charge in [0.15, 0.2) is 0 Å². The molecule has 1 amide bonds. The van der Waals surface area contributed by atoms with E-state index in [1.165, 1.54) is 0 Å². The summed E-state index contributed by atoms with van der Waals surface area (Å²) in [6.45, 7) is 0.123. The van der Waals surface area contributed by atoms with Crippen molar-refractivity contribution < 1.29 is 29.3 Å². The first-order valence-corrected chi connectivity index (χ1v) is 10.2. The molecule has 30 heavy (non-hydrogen) atoms. The first-order chi connectivity index (χ1) is 14.5. The number of aliphatic carboxylic acids is 1. The number of aliphatic hydroxyl groups is 1. The highest BCUT2D eigenvalue weighted by atomic mass is 79.9. The van der Waals surface area contributed by atoms with Crippen molar-refractivity contribution in [2.75, 3.05) is 18.5 Å². The summed E-state index contributed by atoms with van der Waals surface area (Å²) in [6.07, 6.45) is 3.31. The second-order valence-electron chi connectivity index (χ2n) is 6.34. The Morgan fingerprint density at radius 1 is 1.10 bits per heavy atom. The molecule has 0 aliphatic rings. The van der Waals surface area contributed by atoms with Crippen LogP contribution in [0.15, 0.2) is 65.2 Å². The molecule has 0 aliphatic heterocycles. The van der Waals surface area contributed by atoms with Gasteiger partial charge in [-0.3, -0.25) is 5.32 Å². The van der Waals surface area contributed by atoms with Crippen molar-refractivity contribution in [2.45, 2.75) is 25.4 Å². The number of benzene rings is 2. The van der Waals surface area contributed by atoms with Crippen LogP contribution in [-0.2, 0) is 9.53 Å². The number of halogens is 1. The molecule has 0 unspecified atom stereocenters. The lowest BCUT2D eigenvalue weighted by molar-refractivity contribution is -0.131. The number of carboxylic acids is 1. The lowest BCUT2D eigenvalue weighted by atomic mass is 10.0. The third-order valence-electron chi connectivity index (χ3n) is 4.05. The van der Waals surface area contributed by atoms with Gasteiger partial charge in [0.05, 0.1) is 6.61 Å². The highest BCUT2D eigenvalue weighted by Gasteiger charge is 2.17. The van der Waals surface area contributed by atoms with E-state index in [1.807, 2.05) is 12.1 Å². The molecule has 1 atom stereocenters. The molecule has 0 aliphatic carbocycles. The van der Waals surface area contributed by atoms with Crippen molar-refractivity contribution in [3.05, 3.63) is 70.7 Å². The van der Waals surface area contributed by atoms with Crippen LogP contribution >= 0.6 is 15.9 Å². The maximum Gasteiger partial charge on any atom is 0.412 e. The van der Waals surface area contributed by atoms with E-state index in [9.17, 15) is 9.59 Å². The van der Waals surface area contributed by atoms with Crippen molar-refractivity contribution >= 4 is 33.7 Å². The first-order valence-electron chi connectivity index (χ1n) is 9.44. The van der Waals surface area contributed by atoms with Crippen LogP contribution in [0.3, 0.4) is 0 Å². The van der Waals surface area contributed by atoms with Gasteiger partial charge in [-0.2, -0.15) is 0 Å². The zero-order valence-electron chi connectivity index (χ0n) is 16.3. The Hall–Kier alpha value is -2.84.